The van der Waals surface area contributed by atoms with E-state index in [1.54, 1.807) is 18.6 Å². The van der Waals surface area contributed by atoms with Crippen LogP contribution < -0.4 is 4.74 Å². The molecule has 1 aliphatic rings. The number of rotatable bonds is 7. The number of nitrogens with one attached hydrogen (secondary N) is 1. The predicted molar refractivity (Wildman–Crippen MR) is 113 cm³/mol. The van der Waals surface area contributed by atoms with Crippen molar-refractivity contribution in [1.82, 2.24) is 34.8 Å². The van der Waals surface area contributed by atoms with Crippen LogP contribution in [0.15, 0.2) is 55.2 Å². The number of hydrogen-bond acceptors (Lipinski definition) is 6. The molecule has 0 spiro atoms. The lowest BCUT2D eigenvalue weighted by atomic mass is 10.1. The van der Waals surface area contributed by atoms with Gasteiger partial charge in [0.1, 0.15) is 12.3 Å². The maximum absolute atomic E-state index is 12.8. The van der Waals surface area contributed by atoms with E-state index < -0.39 is 0 Å². The highest BCUT2D eigenvalue weighted by Crippen LogP contribution is 2.23. The van der Waals surface area contributed by atoms with E-state index in [1.165, 1.54) is 10.9 Å². The van der Waals surface area contributed by atoms with Crippen molar-refractivity contribution < 1.29 is 9.53 Å². The summed E-state index contributed by atoms with van der Waals surface area (Å²) in [4.78, 5) is 26.0. The van der Waals surface area contributed by atoms with Gasteiger partial charge in [-0.1, -0.05) is 23.4 Å². The summed E-state index contributed by atoms with van der Waals surface area (Å²) >= 11 is 0. The summed E-state index contributed by atoms with van der Waals surface area (Å²) in [6.07, 6.45) is 10.7. The Kier molecular flexibility index (Phi) is 5.30. The van der Waals surface area contributed by atoms with Crippen molar-refractivity contribution in [3.8, 4) is 5.88 Å². The zero-order valence-electron chi connectivity index (χ0n) is 17.0. The summed E-state index contributed by atoms with van der Waals surface area (Å²) in [5.41, 5.74) is 3.01. The van der Waals surface area contributed by atoms with Gasteiger partial charge < -0.3 is 14.6 Å². The predicted octanol–water partition coefficient (Wildman–Crippen LogP) is 2.53. The Balaban J connectivity index is 1.14. The van der Waals surface area contributed by atoms with Gasteiger partial charge in [-0.3, -0.25) is 9.78 Å². The van der Waals surface area contributed by atoms with Crippen molar-refractivity contribution in [1.29, 1.82) is 0 Å². The number of hydrogen-bond donors (Lipinski definition) is 1. The largest absolute Gasteiger partial charge is 0.470 e. The molecule has 5 rings (SSSR count). The lowest BCUT2D eigenvalue weighted by Crippen LogP contribution is -2.29. The van der Waals surface area contributed by atoms with Crippen molar-refractivity contribution in [3.63, 3.8) is 0 Å². The average Bonchev–Trinajstić information content (AvgIpc) is 3.56. The number of carbonyl (C=O) groups excluding carboxylic acids is 1. The highest BCUT2D eigenvalue weighted by Gasteiger charge is 2.28. The van der Waals surface area contributed by atoms with Crippen LogP contribution >= 0.6 is 0 Å². The Morgan fingerprint density at radius 3 is 3.10 bits per heavy atom. The van der Waals surface area contributed by atoms with E-state index >= 15 is 0 Å². The molecular weight excluding hydrogens is 394 g/mol. The standard InChI is InChI=1S/C22H23N7O2/c30-22(6-5-16-11-25-20-4-2-1-3-19(16)20)28-10-7-18(14-28)29-13-17(26-27-29)15-31-21-12-23-8-9-24-21/h1-4,8-9,11-13,18,25H,5-7,10,14-15H2. The molecule has 1 N–H and O–H groups in total. The topological polar surface area (TPSA) is 102 Å². The van der Waals surface area contributed by atoms with Crippen LogP contribution in [-0.2, 0) is 17.8 Å². The van der Waals surface area contributed by atoms with Crippen LogP contribution in [0.1, 0.15) is 30.1 Å². The minimum atomic E-state index is 0.134. The number of carbonyl (C=O) groups is 1. The van der Waals surface area contributed by atoms with Gasteiger partial charge in [0.15, 0.2) is 0 Å². The quantitative estimate of drug-likeness (QED) is 0.496. The molecule has 1 amide bonds. The number of benzene rings is 1. The second-order valence-corrected chi connectivity index (χ2v) is 7.66. The Morgan fingerprint density at radius 2 is 2.19 bits per heavy atom. The fourth-order valence-corrected chi connectivity index (χ4v) is 3.99. The van der Waals surface area contributed by atoms with Crippen LogP contribution in [-0.4, -0.2) is 53.8 Å². The van der Waals surface area contributed by atoms with E-state index in [2.05, 4.69) is 37.4 Å². The SMILES string of the molecule is O=C(CCc1c[nH]c2ccccc12)N1CCC(n2cc(COc3cnccn3)nn2)C1. The molecule has 1 unspecified atom stereocenters. The van der Waals surface area contributed by atoms with Gasteiger partial charge in [0.05, 0.1) is 18.4 Å². The number of para-hydroxylation sites is 1. The molecule has 1 saturated heterocycles. The van der Waals surface area contributed by atoms with Gasteiger partial charge in [0, 0.05) is 49.0 Å². The Hall–Kier alpha value is -3.75. The zero-order chi connectivity index (χ0) is 21.0. The van der Waals surface area contributed by atoms with Gasteiger partial charge in [-0.25, -0.2) is 9.67 Å². The van der Waals surface area contributed by atoms with Gasteiger partial charge in [-0.2, -0.15) is 0 Å². The molecule has 9 heteroatoms. The van der Waals surface area contributed by atoms with E-state index in [4.69, 9.17) is 4.74 Å². The van der Waals surface area contributed by atoms with Crippen molar-refractivity contribution in [2.24, 2.45) is 0 Å². The van der Waals surface area contributed by atoms with Crippen molar-refractivity contribution >= 4 is 16.8 Å². The third-order valence-corrected chi connectivity index (χ3v) is 5.64. The number of nitrogens with zero attached hydrogens (tertiary/aromatic N) is 6. The first-order chi connectivity index (χ1) is 15.3. The Morgan fingerprint density at radius 1 is 1.26 bits per heavy atom. The smallest absolute Gasteiger partial charge is 0.232 e. The van der Waals surface area contributed by atoms with Crippen LogP contribution in [0.5, 0.6) is 5.88 Å². The van der Waals surface area contributed by atoms with Crippen LogP contribution in [0.25, 0.3) is 10.9 Å². The molecular formula is C22H23N7O2. The first-order valence-corrected chi connectivity index (χ1v) is 10.4. The molecule has 1 aliphatic heterocycles. The molecule has 0 bridgehead atoms. The lowest BCUT2D eigenvalue weighted by molar-refractivity contribution is -0.130. The van der Waals surface area contributed by atoms with E-state index in [0.29, 0.717) is 18.8 Å². The van der Waals surface area contributed by atoms with Gasteiger partial charge in [-0.05, 0) is 24.5 Å². The highest BCUT2D eigenvalue weighted by atomic mass is 16.5. The maximum atomic E-state index is 12.8. The molecule has 1 aromatic carbocycles. The number of aromatic amines is 1. The zero-order valence-corrected chi connectivity index (χ0v) is 17.0. The van der Waals surface area contributed by atoms with Gasteiger partial charge >= 0.3 is 0 Å². The van der Waals surface area contributed by atoms with Gasteiger partial charge in [-0.15, -0.1) is 5.10 Å². The summed E-state index contributed by atoms with van der Waals surface area (Å²) < 4.78 is 7.40. The fraction of sp³-hybridized carbons (Fsp3) is 0.318. The number of aryl methyl sites for hydroxylation is 1. The molecule has 158 valence electrons. The molecule has 31 heavy (non-hydrogen) atoms. The second kappa shape index (κ2) is 8.55. The molecule has 1 atom stereocenters. The first kappa shape index (κ1) is 19.2. The molecule has 1 fully saturated rings. The summed E-state index contributed by atoms with van der Waals surface area (Å²) in [7, 11) is 0. The molecule has 3 aromatic heterocycles. The minimum Gasteiger partial charge on any atom is -0.470 e. The van der Waals surface area contributed by atoms with E-state index in [-0.39, 0.29) is 18.6 Å². The summed E-state index contributed by atoms with van der Waals surface area (Å²) in [5.74, 6) is 0.629. The van der Waals surface area contributed by atoms with Gasteiger partial charge in [0.25, 0.3) is 0 Å². The molecule has 0 radical (unpaired) electrons. The van der Waals surface area contributed by atoms with Crippen LogP contribution in [0.3, 0.4) is 0 Å². The number of H-pyrrole nitrogens is 1. The van der Waals surface area contributed by atoms with E-state index in [9.17, 15) is 4.79 Å². The van der Waals surface area contributed by atoms with Crippen molar-refractivity contribution in [2.45, 2.75) is 31.9 Å². The molecule has 4 aromatic rings. The molecule has 9 nitrogen and oxygen atoms in total. The first-order valence-electron chi connectivity index (χ1n) is 10.4. The van der Waals surface area contributed by atoms with E-state index in [0.717, 1.165) is 30.6 Å². The number of fused-ring (bicyclic) bond motifs is 1. The minimum absolute atomic E-state index is 0.134. The van der Waals surface area contributed by atoms with Gasteiger partial charge in [0.2, 0.25) is 11.8 Å². The molecule has 4 heterocycles. The summed E-state index contributed by atoms with van der Waals surface area (Å²) in [6.45, 7) is 1.67. The third kappa shape index (κ3) is 4.25. The maximum Gasteiger partial charge on any atom is 0.232 e. The fourth-order valence-electron chi connectivity index (χ4n) is 3.99. The number of ether oxygens (including phenoxy) is 1. The second-order valence-electron chi connectivity index (χ2n) is 7.66. The average molecular weight is 417 g/mol. The molecule has 0 saturated carbocycles. The third-order valence-electron chi connectivity index (χ3n) is 5.64. The van der Waals surface area contributed by atoms with E-state index in [1.807, 2.05) is 34.1 Å². The number of aromatic nitrogens is 6. The van der Waals surface area contributed by atoms with Crippen LogP contribution in [0.2, 0.25) is 0 Å². The normalized spacial score (nSPS) is 16.1. The highest BCUT2D eigenvalue weighted by molar-refractivity contribution is 5.84. The van der Waals surface area contributed by atoms with Crippen LogP contribution in [0, 0.1) is 0 Å². The monoisotopic (exact) mass is 417 g/mol. The molecule has 0 aliphatic carbocycles. The Labute approximate surface area is 179 Å². The summed E-state index contributed by atoms with van der Waals surface area (Å²) in [5, 5.41) is 9.60. The Bertz CT molecular complexity index is 1170. The number of likely N-dealkylation sites (tertiary alicyclic amines) is 1. The lowest BCUT2D eigenvalue weighted by Gasteiger charge is -2.16. The van der Waals surface area contributed by atoms with Crippen molar-refractivity contribution in [3.05, 3.63) is 66.5 Å². The number of amides is 1. The van der Waals surface area contributed by atoms with Crippen molar-refractivity contribution in [2.75, 3.05) is 13.1 Å². The van der Waals surface area contributed by atoms with Crippen LogP contribution in [0.4, 0.5) is 0 Å². The summed E-state index contributed by atoms with van der Waals surface area (Å²) in [6, 6.07) is 8.31.